The Hall–Kier alpha value is -1.49. The molecule has 126 valence electrons. The van der Waals surface area contributed by atoms with Gasteiger partial charge < -0.3 is 19.4 Å². The number of carbonyl (C=O) groups is 1. The summed E-state index contributed by atoms with van der Waals surface area (Å²) in [5.41, 5.74) is -0.445. The van der Waals surface area contributed by atoms with Crippen molar-refractivity contribution in [2.45, 2.75) is 59.6 Å². The molecule has 0 aromatic carbocycles. The molecular formula is C17H30N2O3. The quantitative estimate of drug-likeness (QED) is 0.746. The van der Waals surface area contributed by atoms with Gasteiger partial charge in [-0.05, 0) is 52.8 Å². The second-order valence-corrected chi connectivity index (χ2v) is 6.31. The summed E-state index contributed by atoms with van der Waals surface area (Å²) in [6.45, 7) is 12.6. The van der Waals surface area contributed by atoms with Crippen molar-refractivity contribution in [1.82, 2.24) is 10.2 Å². The van der Waals surface area contributed by atoms with Crippen molar-refractivity contribution >= 4 is 6.09 Å². The molecule has 5 nitrogen and oxygen atoms in total. The molecule has 1 amide bonds. The zero-order chi connectivity index (χ0) is 16.6. The third kappa shape index (κ3) is 6.98. The third-order valence-electron chi connectivity index (χ3n) is 3.18. The van der Waals surface area contributed by atoms with Gasteiger partial charge in [-0.15, -0.1) is 0 Å². The summed E-state index contributed by atoms with van der Waals surface area (Å²) in [4.78, 5) is 13.7. The molecule has 0 radical (unpaired) electrons. The summed E-state index contributed by atoms with van der Waals surface area (Å²) in [5.74, 6) is 1.97. The van der Waals surface area contributed by atoms with Gasteiger partial charge in [0.1, 0.15) is 17.1 Å². The van der Waals surface area contributed by atoms with Crippen molar-refractivity contribution in [3.63, 3.8) is 0 Å². The van der Waals surface area contributed by atoms with Gasteiger partial charge in [0, 0.05) is 19.5 Å². The first-order chi connectivity index (χ1) is 10.4. The van der Waals surface area contributed by atoms with E-state index in [1.54, 1.807) is 4.90 Å². The van der Waals surface area contributed by atoms with Crippen LogP contribution < -0.4 is 5.32 Å². The minimum absolute atomic E-state index is 0.242. The number of rotatable bonds is 8. The van der Waals surface area contributed by atoms with Crippen molar-refractivity contribution in [3.05, 3.63) is 23.7 Å². The van der Waals surface area contributed by atoms with Gasteiger partial charge in [0.15, 0.2) is 0 Å². The highest BCUT2D eigenvalue weighted by atomic mass is 16.6. The van der Waals surface area contributed by atoms with Crippen LogP contribution in [0.3, 0.4) is 0 Å². The maximum Gasteiger partial charge on any atom is 0.410 e. The zero-order valence-corrected chi connectivity index (χ0v) is 14.6. The van der Waals surface area contributed by atoms with E-state index in [1.807, 2.05) is 39.8 Å². The van der Waals surface area contributed by atoms with E-state index in [2.05, 4.69) is 12.2 Å². The predicted octanol–water partition coefficient (Wildman–Crippen LogP) is 3.58. The first kappa shape index (κ1) is 18.6. The minimum Gasteiger partial charge on any atom is -0.465 e. The fourth-order valence-electron chi connectivity index (χ4n) is 2.02. The molecule has 22 heavy (non-hydrogen) atoms. The molecule has 0 aliphatic rings. The monoisotopic (exact) mass is 310 g/mol. The van der Waals surface area contributed by atoms with Crippen molar-refractivity contribution in [1.29, 1.82) is 0 Å². The number of hydrogen-bond donors (Lipinski definition) is 1. The summed E-state index contributed by atoms with van der Waals surface area (Å²) < 4.78 is 11.0. The Morgan fingerprint density at radius 1 is 1.27 bits per heavy atom. The smallest absolute Gasteiger partial charge is 0.410 e. The van der Waals surface area contributed by atoms with Gasteiger partial charge >= 0.3 is 6.09 Å². The van der Waals surface area contributed by atoms with Crippen molar-refractivity contribution < 1.29 is 13.9 Å². The van der Waals surface area contributed by atoms with E-state index in [9.17, 15) is 4.79 Å². The second-order valence-electron chi connectivity index (χ2n) is 6.31. The number of furan rings is 1. The van der Waals surface area contributed by atoms with Gasteiger partial charge in [-0.1, -0.05) is 6.92 Å². The molecule has 0 aliphatic carbocycles. The summed E-state index contributed by atoms with van der Waals surface area (Å²) >= 11 is 0. The van der Waals surface area contributed by atoms with Crippen LogP contribution >= 0.6 is 0 Å². The Balaban J connectivity index is 2.22. The fourth-order valence-corrected chi connectivity index (χ4v) is 2.02. The molecule has 0 bridgehead atoms. The highest BCUT2D eigenvalue weighted by molar-refractivity contribution is 5.68. The molecule has 0 fully saturated rings. The average Bonchev–Trinajstić information content (AvgIpc) is 2.88. The van der Waals surface area contributed by atoms with Crippen LogP contribution in [0.4, 0.5) is 4.79 Å². The number of nitrogens with one attached hydrogen (secondary N) is 1. The standard InChI is InChI=1S/C17H30N2O3/c1-6-14-9-10-15(21-14)13-18-11-8-12-19(7-2)16(20)22-17(3,4)5/h9-10,18H,6-8,11-13H2,1-5H3. The first-order valence-corrected chi connectivity index (χ1v) is 8.12. The van der Waals surface area contributed by atoms with E-state index in [1.165, 1.54) is 0 Å². The SMILES string of the molecule is CCc1ccc(CNCCCN(CC)C(=O)OC(C)(C)C)o1. The molecule has 1 N–H and O–H groups in total. The molecule has 1 aromatic rings. The van der Waals surface area contributed by atoms with Crippen LogP contribution in [0.15, 0.2) is 16.5 Å². The maximum absolute atomic E-state index is 12.0. The van der Waals surface area contributed by atoms with E-state index in [-0.39, 0.29) is 6.09 Å². The molecule has 0 atom stereocenters. The van der Waals surface area contributed by atoms with Crippen molar-refractivity contribution in [2.75, 3.05) is 19.6 Å². The van der Waals surface area contributed by atoms with E-state index in [4.69, 9.17) is 9.15 Å². The second kappa shape index (κ2) is 8.83. The highest BCUT2D eigenvalue weighted by Gasteiger charge is 2.20. The normalized spacial score (nSPS) is 11.5. The van der Waals surface area contributed by atoms with Crippen LogP contribution in [0.1, 0.15) is 52.6 Å². The fraction of sp³-hybridized carbons (Fsp3) is 0.706. The van der Waals surface area contributed by atoms with Crippen LogP contribution in [0, 0.1) is 0 Å². The van der Waals surface area contributed by atoms with Gasteiger partial charge in [0.2, 0.25) is 0 Å². The Labute approximate surface area is 134 Å². The lowest BCUT2D eigenvalue weighted by Gasteiger charge is -2.26. The Morgan fingerprint density at radius 3 is 2.50 bits per heavy atom. The van der Waals surface area contributed by atoms with Crippen LogP contribution in [0.2, 0.25) is 0 Å². The van der Waals surface area contributed by atoms with Crippen LogP contribution in [0.5, 0.6) is 0 Å². The molecule has 0 saturated carbocycles. The summed E-state index contributed by atoms with van der Waals surface area (Å²) in [5, 5.41) is 3.33. The summed E-state index contributed by atoms with van der Waals surface area (Å²) in [7, 11) is 0. The van der Waals surface area contributed by atoms with Gasteiger partial charge in [0.25, 0.3) is 0 Å². The van der Waals surface area contributed by atoms with E-state index < -0.39 is 5.60 Å². The van der Waals surface area contributed by atoms with E-state index in [0.717, 1.165) is 37.5 Å². The lowest BCUT2D eigenvalue weighted by atomic mass is 10.2. The van der Waals surface area contributed by atoms with Crippen molar-refractivity contribution in [2.24, 2.45) is 0 Å². The molecule has 0 unspecified atom stereocenters. The van der Waals surface area contributed by atoms with Gasteiger partial charge in [-0.2, -0.15) is 0 Å². The largest absolute Gasteiger partial charge is 0.465 e. The molecule has 5 heteroatoms. The van der Waals surface area contributed by atoms with Gasteiger partial charge in [-0.25, -0.2) is 4.79 Å². The number of nitrogens with zero attached hydrogens (tertiary/aromatic N) is 1. The van der Waals surface area contributed by atoms with Gasteiger partial charge in [0.05, 0.1) is 6.54 Å². The van der Waals surface area contributed by atoms with Crippen LogP contribution in [0.25, 0.3) is 0 Å². The Morgan fingerprint density at radius 2 is 1.95 bits per heavy atom. The topological polar surface area (TPSA) is 54.7 Å². The Bertz CT molecular complexity index is 449. The first-order valence-electron chi connectivity index (χ1n) is 8.12. The number of ether oxygens (including phenoxy) is 1. The lowest BCUT2D eigenvalue weighted by Crippen LogP contribution is -2.38. The van der Waals surface area contributed by atoms with Crippen LogP contribution in [-0.2, 0) is 17.7 Å². The van der Waals surface area contributed by atoms with E-state index in [0.29, 0.717) is 13.1 Å². The lowest BCUT2D eigenvalue weighted by molar-refractivity contribution is 0.0258. The average molecular weight is 310 g/mol. The Kier molecular flexibility index (Phi) is 7.45. The predicted molar refractivity (Wildman–Crippen MR) is 87.9 cm³/mol. The van der Waals surface area contributed by atoms with Crippen LogP contribution in [-0.4, -0.2) is 36.2 Å². The molecule has 1 aromatic heterocycles. The molecule has 0 spiro atoms. The highest BCUT2D eigenvalue weighted by Crippen LogP contribution is 2.10. The molecular weight excluding hydrogens is 280 g/mol. The summed E-state index contributed by atoms with van der Waals surface area (Å²) in [6, 6.07) is 4.02. The summed E-state index contributed by atoms with van der Waals surface area (Å²) in [6.07, 6.45) is 1.56. The minimum atomic E-state index is -0.445. The number of amides is 1. The maximum atomic E-state index is 12.0. The zero-order valence-electron chi connectivity index (χ0n) is 14.6. The van der Waals surface area contributed by atoms with Crippen molar-refractivity contribution in [3.8, 4) is 0 Å². The van der Waals surface area contributed by atoms with E-state index >= 15 is 0 Å². The third-order valence-corrected chi connectivity index (χ3v) is 3.18. The number of aryl methyl sites for hydroxylation is 1. The molecule has 0 saturated heterocycles. The molecule has 1 rings (SSSR count). The molecule has 0 aliphatic heterocycles. The van der Waals surface area contributed by atoms with Gasteiger partial charge in [-0.3, -0.25) is 0 Å². The number of carbonyl (C=O) groups excluding carboxylic acids is 1. The molecule has 1 heterocycles. The number of hydrogen-bond acceptors (Lipinski definition) is 4.